The van der Waals surface area contributed by atoms with Gasteiger partial charge in [0.25, 0.3) is 0 Å². The minimum absolute atomic E-state index is 0.166. The van der Waals surface area contributed by atoms with Gasteiger partial charge in [-0.15, -0.1) is 11.3 Å². The van der Waals surface area contributed by atoms with Crippen molar-refractivity contribution in [3.8, 4) is 0 Å². The maximum Gasteiger partial charge on any atom is 0.0981 e. The maximum absolute atomic E-state index is 5.33. The molecule has 3 nitrogen and oxygen atoms in total. The molecule has 0 radical (unpaired) electrons. The van der Waals surface area contributed by atoms with E-state index in [9.17, 15) is 0 Å². The molecule has 1 unspecified atom stereocenters. The molecule has 1 aliphatic heterocycles. The molecule has 1 saturated heterocycles. The second kappa shape index (κ2) is 4.82. The zero-order valence-corrected chi connectivity index (χ0v) is 11.1. The molecule has 1 aromatic rings. The molecular weight excluding hydrogens is 220 g/mol. The number of aromatic nitrogens is 1. The first-order chi connectivity index (χ1) is 7.55. The number of ether oxygens (including phenoxy) is 1. The van der Waals surface area contributed by atoms with E-state index < -0.39 is 0 Å². The van der Waals surface area contributed by atoms with E-state index in [4.69, 9.17) is 4.74 Å². The summed E-state index contributed by atoms with van der Waals surface area (Å²) in [5.74, 6) is 0. The Kier molecular flexibility index (Phi) is 3.62. The summed E-state index contributed by atoms with van der Waals surface area (Å²) in [6.07, 6.45) is 3.12. The zero-order chi connectivity index (χ0) is 11.6. The first-order valence-electron chi connectivity index (χ1n) is 5.82. The Bertz CT molecular complexity index is 337. The van der Waals surface area contributed by atoms with Crippen LogP contribution >= 0.6 is 11.3 Å². The van der Waals surface area contributed by atoms with Crippen molar-refractivity contribution in [2.45, 2.75) is 45.2 Å². The summed E-state index contributed by atoms with van der Waals surface area (Å²) >= 11 is 1.81. The quantitative estimate of drug-likeness (QED) is 0.880. The standard InChI is InChI=1S/C12H20N2OS/c1-12(2,3)11-14-7-10(16-11)6-13-9-4-5-15-8-9/h7,9,13H,4-6,8H2,1-3H3. The van der Waals surface area contributed by atoms with Gasteiger partial charge in [-0.2, -0.15) is 0 Å². The summed E-state index contributed by atoms with van der Waals surface area (Å²) < 4.78 is 5.33. The summed E-state index contributed by atoms with van der Waals surface area (Å²) in [5, 5.41) is 4.72. The lowest BCUT2D eigenvalue weighted by Gasteiger charge is -2.13. The Balaban J connectivity index is 1.87. The van der Waals surface area contributed by atoms with E-state index >= 15 is 0 Å². The van der Waals surface area contributed by atoms with Crippen LogP contribution in [0.1, 0.15) is 37.1 Å². The van der Waals surface area contributed by atoms with Crippen molar-refractivity contribution in [2.24, 2.45) is 0 Å². The van der Waals surface area contributed by atoms with E-state index in [1.54, 1.807) is 0 Å². The van der Waals surface area contributed by atoms with Crippen molar-refractivity contribution in [1.82, 2.24) is 10.3 Å². The fourth-order valence-corrected chi connectivity index (χ4v) is 2.60. The molecule has 1 atom stereocenters. The van der Waals surface area contributed by atoms with Crippen LogP contribution in [0.3, 0.4) is 0 Å². The molecule has 0 aromatic carbocycles. The van der Waals surface area contributed by atoms with Gasteiger partial charge in [0.15, 0.2) is 0 Å². The van der Waals surface area contributed by atoms with Crippen LogP contribution in [0.15, 0.2) is 6.20 Å². The third-order valence-electron chi connectivity index (χ3n) is 2.69. The Morgan fingerprint density at radius 3 is 2.94 bits per heavy atom. The van der Waals surface area contributed by atoms with Crippen LogP contribution < -0.4 is 5.32 Å². The highest BCUT2D eigenvalue weighted by atomic mass is 32.1. The monoisotopic (exact) mass is 240 g/mol. The number of hydrogen-bond donors (Lipinski definition) is 1. The topological polar surface area (TPSA) is 34.2 Å². The molecule has 0 saturated carbocycles. The molecule has 1 aliphatic rings. The SMILES string of the molecule is CC(C)(C)c1ncc(CNC2CCOC2)s1. The largest absolute Gasteiger partial charge is 0.380 e. The summed E-state index contributed by atoms with van der Waals surface area (Å²) in [5.41, 5.74) is 0.166. The fraction of sp³-hybridized carbons (Fsp3) is 0.750. The van der Waals surface area contributed by atoms with Crippen LogP contribution in [0.25, 0.3) is 0 Å². The highest BCUT2D eigenvalue weighted by Crippen LogP contribution is 2.26. The van der Waals surface area contributed by atoms with Gasteiger partial charge in [-0.25, -0.2) is 4.98 Å². The van der Waals surface area contributed by atoms with E-state index in [0.29, 0.717) is 6.04 Å². The predicted octanol–water partition coefficient (Wildman–Crippen LogP) is 2.32. The van der Waals surface area contributed by atoms with Crippen LogP contribution in [-0.4, -0.2) is 24.2 Å². The van der Waals surface area contributed by atoms with Crippen LogP contribution in [0, 0.1) is 0 Å². The van der Waals surface area contributed by atoms with Gasteiger partial charge in [0, 0.05) is 35.7 Å². The molecule has 0 spiro atoms. The van der Waals surface area contributed by atoms with Crippen LogP contribution in [0.5, 0.6) is 0 Å². The van der Waals surface area contributed by atoms with Crippen molar-refractivity contribution < 1.29 is 4.74 Å². The Hall–Kier alpha value is -0.450. The molecule has 0 amide bonds. The number of nitrogens with zero attached hydrogens (tertiary/aromatic N) is 1. The smallest absolute Gasteiger partial charge is 0.0981 e. The van der Waals surface area contributed by atoms with Gasteiger partial charge in [-0.05, 0) is 6.42 Å². The lowest BCUT2D eigenvalue weighted by Crippen LogP contribution is -2.28. The van der Waals surface area contributed by atoms with Crippen molar-refractivity contribution in [2.75, 3.05) is 13.2 Å². The Morgan fingerprint density at radius 1 is 1.56 bits per heavy atom. The van der Waals surface area contributed by atoms with Crippen LogP contribution in [0.4, 0.5) is 0 Å². The van der Waals surface area contributed by atoms with Gasteiger partial charge < -0.3 is 10.1 Å². The summed E-state index contributed by atoms with van der Waals surface area (Å²) in [7, 11) is 0. The zero-order valence-electron chi connectivity index (χ0n) is 10.2. The first-order valence-corrected chi connectivity index (χ1v) is 6.63. The average Bonchev–Trinajstić information content (AvgIpc) is 2.85. The molecular formula is C12H20N2OS. The summed E-state index contributed by atoms with van der Waals surface area (Å²) in [6.45, 7) is 9.27. The molecule has 2 rings (SSSR count). The highest BCUT2D eigenvalue weighted by Gasteiger charge is 2.19. The van der Waals surface area contributed by atoms with Gasteiger partial charge in [-0.1, -0.05) is 20.8 Å². The van der Waals surface area contributed by atoms with E-state index in [-0.39, 0.29) is 5.41 Å². The second-order valence-electron chi connectivity index (χ2n) is 5.32. The van der Waals surface area contributed by atoms with Crippen LogP contribution in [-0.2, 0) is 16.7 Å². The minimum atomic E-state index is 0.166. The predicted molar refractivity (Wildman–Crippen MR) is 66.9 cm³/mol. The molecule has 0 aliphatic carbocycles. The molecule has 4 heteroatoms. The number of rotatable bonds is 3. The number of nitrogens with one attached hydrogen (secondary N) is 1. The molecule has 16 heavy (non-hydrogen) atoms. The normalized spacial score (nSPS) is 21.6. The molecule has 1 fully saturated rings. The van der Waals surface area contributed by atoms with Gasteiger partial charge in [-0.3, -0.25) is 0 Å². The maximum atomic E-state index is 5.33. The van der Waals surface area contributed by atoms with Gasteiger partial charge >= 0.3 is 0 Å². The average molecular weight is 240 g/mol. The second-order valence-corrected chi connectivity index (χ2v) is 6.44. The third kappa shape index (κ3) is 3.03. The molecule has 1 N–H and O–H groups in total. The van der Waals surface area contributed by atoms with Crippen molar-refractivity contribution >= 4 is 11.3 Å². The summed E-state index contributed by atoms with van der Waals surface area (Å²) in [6, 6.07) is 0.528. The lowest BCUT2D eigenvalue weighted by atomic mass is 9.98. The molecule has 1 aromatic heterocycles. The Labute approximate surface area is 101 Å². The molecule has 2 heterocycles. The Morgan fingerprint density at radius 2 is 2.38 bits per heavy atom. The third-order valence-corrected chi connectivity index (χ3v) is 4.11. The number of hydrogen-bond acceptors (Lipinski definition) is 4. The van der Waals surface area contributed by atoms with Gasteiger partial charge in [0.05, 0.1) is 11.6 Å². The number of thiazole rings is 1. The lowest BCUT2D eigenvalue weighted by molar-refractivity contribution is 0.190. The van der Waals surface area contributed by atoms with Crippen LogP contribution in [0.2, 0.25) is 0 Å². The highest BCUT2D eigenvalue weighted by molar-refractivity contribution is 7.11. The van der Waals surface area contributed by atoms with E-state index in [1.807, 2.05) is 17.5 Å². The molecule has 0 bridgehead atoms. The van der Waals surface area contributed by atoms with E-state index in [1.165, 1.54) is 9.88 Å². The van der Waals surface area contributed by atoms with Crippen molar-refractivity contribution in [3.05, 3.63) is 16.1 Å². The molecule has 90 valence electrons. The van der Waals surface area contributed by atoms with Crippen molar-refractivity contribution in [3.63, 3.8) is 0 Å². The van der Waals surface area contributed by atoms with Gasteiger partial charge in [0.2, 0.25) is 0 Å². The first kappa shape index (κ1) is 12.0. The van der Waals surface area contributed by atoms with Crippen molar-refractivity contribution in [1.29, 1.82) is 0 Å². The fourth-order valence-electron chi connectivity index (χ4n) is 1.68. The summed E-state index contributed by atoms with van der Waals surface area (Å²) in [4.78, 5) is 5.80. The van der Waals surface area contributed by atoms with Gasteiger partial charge in [0.1, 0.15) is 0 Å². The van der Waals surface area contributed by atoms with E-state index in [2.05, 4.69) is 31.1 Å². The van der Waals surface area contributed by atoms with E-state index in [0.717, 1.165) is 26.2 Å². The minimum Gasteiger partial charge on any atom is -0.380 e.